The zero-order chi connectivity index (χ0) is 15.7. The lowest BCUT2D eigenvalue weighted by Crippen LogP contribution is -2.35. The molecule has 0 fully saturated rings. The van der Waals surface area contributed by atoms with E-state index < -0.39 is 5.97 Å². The first-order chi connectivity index (χ1) is 9.99. The first-order valence-corrected chi connectivity index (χ1v) is 7.26. The van der Waals surface area contributed by atoms with Gasteiger partial charge in [0.05, 0.1) is 6.42 Å². The van der Waals surface area contributed by atoms with Crippen molar-refractivity contribution in [2.45, 2.75) is 39.3 Å². The second-order valence-corrected chi connectivity index (χ2v) is 5.30. The van der Waals surface area contributed by atoms with Gasteiger partial charge in [0.1, 0.15) is 0 Å². The molecule has 21 heavy (non-hydrogen) atoms. The van der Waals surface area contributed by atoms with Crippen LogP contribution in [0.4, 0.5) is 0 Å². The maximum absolute atomic E-state index is 12.2. The Morgan fingerprint density at radius 3 is 2.43 bits per heavy atom. The summed E-state index contributed by atoms with van der Waals surface area (Å²) in [6, 6.07) is 9.95. The molecular weight excluding hydrogens is 268 g/mol. The predicted molar refractivity (Wildman–Crippen MR) is 81.9 cm³/mol. The van der Waals surface area contributed by atoms with Crippen molar-refractivity contribution in [2.24, 2.45) is 0 Å². The minimum Gasteiger partial charge on any atom is -0.481 e. The van der Waals surface area contributed by atoms with Gasteiger partial charge >= 0.3 is 5.97 Å². The molecule has 0 aliphatic heterocycles. The van der Waals surface area contributed by atoms with Gasteiger partial charge < -0.3 is 15.3 Å². The van der Waals surface area contributed by atoms with Gasteiger partial charge in [-0.1, -0.05) is 44.2 Å². The van der Waals surface area contributed by atoms with Gasteiger partial charge in [0.2, 0.25) is 5.91 Å². The van der Waals surface area contributed by atoms with Crippen LogP contribution in [0.15, 0.2) is 30.3 Å². The molecule has 1 amide bonds. The van der Waals surface area contributed by atoms with Crippen LogP contribution in [0.5, 0.6) is 0 Å². The van der Waals surface area contributed by atoms with Crippen LogP contribution in [0.2, 0.25) is 0 Å². The summed E-state index contributed by atoms with van der Waals surface area (Å²) in [5.74, 6) is -0.908. The van der Waals surface area contributed by atoms with Gasteiger partial charge in [0.15, 0.2) is 0 Å². The molecule has 1 rings (SSSR count). The van der Waals surface area contributed by atoms with Crippen molar-refractivity contribution in [1.29, 1.82) is 0 Å². The molecule has 5 nitrogen and oxygen atoms in total. The first kappa shape index (κ1) is 17.2. The van der Waals surface area contributed by atoms with E-state index in [1.165, 1.54) is 0 Å². The Hall–Kier alpha value is -1.88. The molecule has 1 aromatic rings. The molecule has 0 aromatic heterocycles. The second kappa shape index (κ2) is 9.13. The third kappa shape index (κ3) is 7.46. The molecule has 116 valence electrons. The van der Waals surface area contributed by atoms with Gasteiger partial charge in [-0.25, -0.2) is 0 Å². The van der Waals surface area contributed by atoms with Crippen LogP contribution in [-0.4, -0.2) is 41.0 Å². The Morgan fingerprint density at radius 2 is 1.86 bits per heavy atom. The molecule has 0 aliphatic carbocycles. The fraction of sp³-hybridized carbons (Fsp3) is 0.500. The number of carbonyl (C=O) groups excluding carboxylic acids is 1. The van der Waals surface area contributed by atoms with E-state index in [0.29, 0.717) is 25.6 Å². The molecule has 0 radical (unpaired) electrons. The van der Waals surface area contributed by atoms with E-state index >= 15 is 0 Å². The second-order valence-electron chi connectivity index (χ2n) is 5.30. The van der Waals surface area contributed by atoms with Crippen LogP contribution in [0.3, 0.4) is 0 Å². The average molecular weight is 292 g/mol. The molecule has 1 aromatic carbocycles. The number of carboxylic acids is 1. The molecule has 0 saturated carbocycles. The number of amides is 1. The van der Waals surface area contributed by atoms with Gasteiger partial charge in [-0.15, -0.1) is 0 Å². The lowest BCUT2D eigenvalue weighted by molar-refractivity contribution is -0.138. The van der Waals surface area contributed by atoms with Crippen molar-refractivity contribution in [3.8, 4) is 0 Å². The molecule has 0 saturated heterocycles. The lowest BCUT2D eigenvalue weighted by atomic mass is 10.2. The van der Waals surface area contributed by atoms with Gasteiger partial charge in [0.25, 0.3) is 0 Å². The van der Waals surface area contributed by atoms with Gasteiger partial charge in [-0.3, -0.25) is 9.59 Å². The molecular formula is C16H24N2O3. The number of hydrogen-bond acceptors (Lipinski definition) is 3. The van der Waals surface area contributed by atoms with Gasteiger partial charge in [0, 0.05) is 32.1 Å². The third-order valence-electron chi connectivity index (χ3n) is 3.06. The summed E-state index contributed by atoms with van der Waals surface area (Å²) in [6.45, 7) is 5.35. The van der Waals surface area contributed by atoms with E-state index in [9.17, 15) is 9.59 Å². The monoisotopic (exact) mass is 292 g/mol. The maximum Gasteiger partial charge on any atom is 0.305 e. The van der Waals surface area contributed by atoms with Crippen LogP contribution in [-0.2, 0) is 16.1 Å². The third-order valence-corrected chi connectivity index (χ3v) is 3.06. The van der Waals surface area contributed by atoms with Gasteiger partial charge in [-0.05, 0) is 5.56 Å². The molecule has 0 bridgehead atoms. The highest BCUT2D eigenvalue weighted by atomic mass is 16.4. The lowest BCUT2D eigenvalue weighted by Gasteiger charge is -2.22. The zero-order valence-electron chi connectivity index (χ0n) is 12.7. The van der Waals surface area contributed by atoms with Crippen LogP contribution < -0.4 is 5.32 Å². The van der Waals surface area contributed by atoms with Crippen molar-refractivity contribution in [1.82, 2.24) is 10.2 Å². The number of nitrogens with zero attached hydrogens (tertiary/aromatic N) is 1. The summed E-state index contributed by atoms with van der Waals surface area (Å²) in [5, 5.41) is 12.0. The van der Waals surface area contributed by atoms with E-state index in [2.05, 4.69) is 5.32 Å². The zero-order valence-corrected chi connectivity index (χ0v) is 12.7. The number of aliphatic carboxylic acids is 1. The van der Waals surface area contributed by atoms with Crippen molar-refractivity contribution >= 4 is 11.9 Å². The van der Waals surface area contributed by atoms with Crippen molar-refractivity contribution in [3.63, 3.8) is 0 Å². The van der Waals surface area contributed by atoms with Crippen LogP contribution in [0.25, 0.3) is 0 Å². The summed E-state index contributed by atoms with van der Waals surface area (Å²) in [4.78, 5) is 24.6. The number of carboxylic acid groups (broad SMARTS) is 1. The standard InChI is InChI=1S/C16H24N2O3/c1-13(2)17-10-8-15(19)18(11-9-16(20)21)12-14-6-4-3-5-7-14/h3-7,13,17H,8-12H2,1-2H3,(H,20,21). The molecule has 5 heteroatoms. The average Bonchev–Trinajstić information content (AvgIpc) is 2.43. The molecule has 2 N–H and O–H groups in total. The Kier molecular flexibility index (Phi) is 7.46. The highest BCUT2D eigenvalue weighted by Gasteiger charge is 2.15. The van der Waals surface area contributed by atoms with E-state index in [0.717, 1.165) is 5.56 Å². The number of hydrogen-bond donors (Lipinski definition) is 2. The molecule has 0 aliphatic rings. The molecule has 0 atom stereocenters. The summed E-state index contributed by atoms with van der Waals surface area (Å²) in [6.07, 6.45) is 0.348. The number of carbonyl (C=O) groups is 2. The predicted octanol–water partition coefficient (Wildman–Crippen LogP) is 1.88. The van der Waals surface area contributed by atoms with E-state index in [-0.39, 0.29) is 18.9 Å². The Morgan fingerprint density at radius 1 is 1.19 bits per heavy atom. The molecule has 0 unspecified atom stereocenters. The highest BCUT2D eigenvalue weighted by Crippen LogP contribution is 2.07. The number of benzene rings is 1. The smallest absolute Gasteiger partial charge is 0.305 e. The molecule has 0 heterocycles. The fourth-order valence-corrected chi connectivity index (χ4v) is 1.95. The van der Waals surface area contributed by atoms with E-state index in [4.69, 9.17) is 5.11 Å². The van der Waals surface area contributed by atoms with E-state index in [1.807, 2.05) is 44.2 Å². The van der Waals surface area contributed by atoms with E-state index in [1.54, 1.807) is 4.90 Å². The maximum atomic E-state index is 12.2. The summed E-state index contributed by atoms with van der Waals surface area (Å²) in [5.41, 5.74) is 1.01. The van der Waals surface area contributed by atoms with Crippen LogP contribution in [0, 0.1) is 0 Å². The summed E-state index contributed by atoms with van der Waals surface area (Å²) >= 11 is 0. The minimum absolute atomic E-state index is 0.0201. The number of nitrogens with one attached hydrogen (secondary N) is 1. The normalized spacial score (nSPS) is 10.6. The van der Waals surface area contributed by atoms with Crippen molar-refractivity contribution in [2.75, 3.05) is 13.1 Å². The van der Waals surface area contributed by atoms with Crippen molar-refractivity contribution < 1.29 is 14.7 Å². The summed E-state index contributed by atoms with van der Waals surface area (Å²) in [7, 11) is 0. The topological polar surface area (TPSA) is 69.6 Å². The van der Waals surface area contributed by atoms with Crippen LogP contribution >= 0.6 is 0 Å². The SMILES string of the molecule is CC(C)NCCC(=O)N(CCC(=O)O)Cc1ccccc1. The Labute approximate surface area is 126 Å². The van der Waals surface area contributed by atoms with Crippen LogP contribution in [0.1, 0.15) is 32.3 Å². The fourth-order valence-electron chi connectivity index (χ4n) is 1.95. The highest BCUT2D eigenvalue weighted by molar-refractivity contribution is 5.77. The molecule has 0 spiro atoms. The quantitative estimate of drug-likeness (QED) is 0.729. The summed E-state index contributed by atoms with van der Waals surface area (Å²) < 4.78 is 0. The van der Waals surface area contributed by atoms with Crippen molar-refractivity contribution in [3.05, 3.63) is 35.9 Å². The Bertz CT molecular complexity index is 446. The number of rotatable bonds is 9. The minimum atomic E-state index is -0.888. The van der Waals surface area contributed by atoms with Gasteiger partial charge in [-0.2, -0.15) is 0 Å². The largest absolute Gasteiger partial charge is 0.481 e. The first-order valence-electron chi connectivity index (χ1n) is 7.26. The Balaban J connectivity index is 2.58.